The van der Waals surface area contributed by atoms with Crippen molar-refractivity contribution in [3.05, 3.63) is 64.2 Å². The molecule has 2 aliphatic rings. The van der Waals surface area contributed by atoms with Gasteiger partial charge in [0.15, 0.2) is 0 Å². The number of nitrogens with two attached hydrogens (primary N) is 1. The molecule has 0 bridgehead atoms. The number of hydrogen-bond donors (Lipinski definition) is 2. The minimum absolute atomic E-state index is 0.0176. The van der Waals surface area contributed by atoms with Crippen LogP contribution in [-0.2, 0) is 21.4 Å². The van der Waals surface area contributed by atoms with Crippen LogP contribution in [0.4, 0.5) is 5.69 Å². The Bertz CT molecular complexity index is 846. The lowest BCUT2D eigenvalue weighted by Crippen LogP contribution is -2.49. The van der Waals surface area contributed by atoms with Gasteiger partial charge < -0.3 is 15.8 Å². The van der Waals surface area contributed by atoms with E-state index in [0.29, 0.717) is 31.1 Å². The van der Waals surface area contributed by atoms with Gasteiger partial charge in [-0.3, -0.25) is 4.79 Å². The Morgan fingerprint density at radius 1 is 1.19 bits per heavy atom. The van der Waals surface area contributed by atoms with Gasteiger partial charge in [0.05, 0.1) is 11.5 Å². The molecule has 3 N–H and O–H groups in total. The molecule has 1 aliphatic carbocycles. The third kappa shape index (κ3) is 3.44. The molecule has 27 heavy (non-hydrogen) atoms. The van der Waals surface area contributed by atoms with E-state index in [2.05, 4.69) is 11.4 Å². The SMILES string of the molecule is Nc1ccc2c(c1)CCCC2NC(=O)C1(c2ccccc2Cl)CCOCC1. The third-order valence-corrected chi connectivity index (χ3v) is 6.29. The predicted octanol–water partition coefficient (Wildman–Crippen LogP) is 4.16. The Morgan fingerprint density at radius 3 is 2.74 bits per heavy atom. The smallest absolute Gasteiger partial charge is 0.231 e. The average molecular weight is 385 g/mol. The highest BCUT2D eigenvalue weighted by atomic mass is 35.5. The molecule has 1 fully saturated rings. The van der Waals surface area contributed by atoms with Crippen molar-refractivity contribution in [3.8, 4) is 0 Å². The molecule has 2 aromatic carbocycles. The number of halogens is 1. The van der Waals surface area contributed by atoms with Crippen molar-refractivity contribution < 1.29 is 9.53 Å². The first-order valence-electron chi connectivity index (χ1n) is 9.62. The molecule has 1 atom stereocenters. The van der Waals surface area contributed by atoms with Gasteiger partial charge in [-0.25, -0.2) is 0 Å². The summed E-state index contributed by atoms with van der Waals surface area (Å²) in [7, 11) is 0. The summed E-state index contributed by atoms with van der Waals surface area (Å²) < 4.78 is 5.56. The van der Waals surface area contributed by atoms with E-state index in [-0.39, 0.29) is 11.9 Å². The molecule has 4 nitrogen and oxygen atoms in total. The summed E-state index contributed by atoms with van der Waals surface area (Å²) in [4.78, 5) is 13.6. The summed E-state index contributed by atoms with van der Waals surface area (Å²) in [6.07, 6.45) is 4.28. The summed E-state index contributed by atoms with van der Waals surface area (Å²) in [5.41, 5.74) is 9.41. The van der Waals surface area contributed by atoms with E-state index in [4.69, 9.17) is 22.1 Å². The maximum Gasteiger partial charge on any atom is 0.231 e. The zero-order chi connectivity index (χ0) is 18.9. The van der Waals surface area contributed by atoms with Crippen LogP contribution in [0.1, 0.15) is 48.4 Å². The molecule has 1 aliphatic heterocycles. The van der Waals surface area contributed by atoms with Crippen molar-refractivity contribution in [3.63, 3.8) is 0 Å². The van der Waals surface area contributed by atoms with E-state index in [9.17, 15) is 4.79 Å². The molecule has 0 saturated carbocycles. The van der Waals surface area contributed by atoms with Gasteiger partial charge in [0.2, 0.25) is 5.91 Å². The van der Waals surface area contributed by atoms with E-state index in [1.165, 1.54) is 11.1 Å². The van der Waals surface area contributed by atoms with E-state index in [1.54, 1.807) is 0 Å². The van der Waals surface area contributed by atoms with Crippen LogP contribution in [-0.4, -0.2) is 19.1 Å². The Balaban J connectivity index is 1.65. The highest BCUT2D eigenvalue weighted by molar-refractivity contribution is 6.31. The number of amides is 1. The summed E-state index contributed by atoms with van der Waals surface area (Å²) in [6.45, 7) is 1.13. The predicted molar refractivity (Wildman–Crippen MR) is 108 cm³/mol. The quantitative estimate of drug-likeness (QED) is 0.781. The Hall–Kier alpha value is -2.04. The fraction of sp³-hybridized carbons (Fsp3) is 0.409. The molecule has 0 spiro atoms. The van der Waals surface area contributed by atoms with Crippen molar-refractivity contribution in [2.24, 2.45) is 0 Å². The lowest BCUT2D eigenvalue weighted by atomic mass is 9.73. The first-order chi connectivity index (χ1) is 13.1. The second-order valence-corrected chi connectivity index (χ2v) is 7.96. The van der Waals surface area contributed by atoms with Gasteiger partial charge in [0.25, 0.3) is 0 Å². The van der Waals surface area contributed by atoms with E-state index < -0.39 is 5.41 Å². The zero-order valence-corrected chi connectivity index (χ0v) is 16.1. The Morgan fingerprint density at radius 2 is 1.96 bits per heavy atom. The topological polar surface area (TPSA) is 64.3 Å². The van der Waals surface area contributed by atoms with Gasteiger partial charge in [-0.2, -0.15) is 0 Å². The fourth-order valence-electron chi connectivity index (χ4n) is 4.47. The summed E-state index contributed by atoms with van der Waals surface area (Å²) in [5, 5.41) is 3.98. The van der Waals surface area contributed by atoms with Crippen molar-refractivity contribution in [1.82, 2.24) is 5.32 Å². The fourth-order valence-corrected chi connectivity index (χ4v) is 4.79. The monoisotopic (exact) mass is 384 g/mol. The van der Waals surface area contributed by atoms with E-state index >= 15 is 0 Å². The number of benzene rings is 2. The zero-order valence-electron chi connectivity index (χ0n) is 15.3. The lowest BCUT2D eigenvalue weighted by molar-refractivity contribution is -0.131. The molecule has 0 aromatic heterocycles. The molecule has 142 valence electrons. The molecular formula is C22H25ClN2O2. The van der Waals surface area contributed by atoms with Crippen molar-refractivity contribution >= 4 is 23.2 Å². The average Bonchev–Trinajstić information content (AvgIpc) is 2.68. The first kappa shape index (κ1) is 18.3. The molecule has 2 aromatic rings. The van der Waals surface area contributed by atoms with E-state index in [0.717, 1.165) is 30.5 Å². The van der Waals surface area contributed by atoms with Gasteiger partial charge >= 0.3 is 0 Å². The van der Waals surface area contributed by atoms with Gasteiger partial charge in [-0.1, -0.05) is 35.9 Å². The van der Waals surface area contributed by atoms with Crippen LogP contribution >= 0.6 is 11.6 Å². The van der Waals surface area contributed by atoms with Crippen LogP contribution in [0.15, 0.2) is 42.5 Å². The summed E-state index contributed by atoms with van der Waals surface area (Å²) in [6, 6.07) is 13.7. The van der Waals surface area contributed by atoms with Crippen LogP contribution in [0.5, 0.6) is 0 Å². The van der Waals surface area contributed by atoms with Crippen LogP contribution in [0, 0.1) is 0 Å². The number of nitrogens with one attached hydrogen (secondary N) is 1. The molecule has 1 saturated heterocycles. The van der Waals surface area contributed by atoms with Crippen LogP contribution in [0.25, 0.3) is 0 Å². The van der Waals surface area contributed by atoms with Gasteiger partial charge in [-0.15, -0.1) is 0 Å². The molecule has 4 rings (SSSR count). The van der Waals surface area contributed by atoms with Gasteiger partial charge in [0.1, 0.15) is 0 Å². The van der Waals surface area contributed by atoms with Crippen LogP contribution in [0.2, 0.25) is 5.02 Å². The number of rotatable bonds is 3. The van der Waals surface area contributed by atoms with Crippen LogP contribution in [0.3, 0.4) is 0 Å². The lowest BCUT2D eigenvalue weighted by Gasteiger charge is -2.38. The number of carbonyl (C=O) groups excluding carboxylic acids is 1. The number of aryl methyl sites for hydroxylation is 1. The number of nitrogen functional groups attached to an aromatic ring is 1. The largest absolute Gasteiger partial charge is 0.399 e. The maximum absolute atomic E-state index is 13.6. The Kier molecular flexibility index (Phi) is 5.11. The summed E-state index contributed by atoms with van der Waals surface area (Å²) >= 11 is 6.50. The third-order valence-electron chi connectivity index (χ3n) is 5.96. The highest BCUT2D eigenvalue weighted by Gasteiger charge is 2.43. The Labute approximate surface area is 165 Å². The van der Waals surface area contributed by atoms with Crippen molar-refractivity contribution in [2.75, 3.05) is 18.9 Å². The minimum Gasteiger partial charge on any atom is -0.399 e. The molecule has 5 heteroatoms. The van der Waals surface area contributed by atoms with Crippen molar-refractivity contribution in [2.45, 2.75) is 43.6 Å². The minimum atomic E-state index is -0.637. The van der Waals surface area contributed by atoms with Crippen LogP contribution < -0.4 is 11.1 Å². The van der Waals surface area contributed by atoms with Crippen molar-refractivity contribution in [1.29, 1.82) is 0 Å². The van der Waals surface area contributed by atoms with Gasteiger partial charge in [0, 0.05) is 23.9 Å². The van der Waals surface area contributed by atoms with E-state index in [1.807, 2.05) is 36.4 Å². The normalized spacial score (nSPS) is 21.3. The summed E-state index contributed by atoms with van der Waals surface area (Å²) in [5.74, 6) is 0.0496. The second kappa shape index (κ2) is 7.53. The highest BCUT2D eigenvalue weighted by Crippen LogP contribution is 2.40. The number of carbonyl (C=O) groups is 1. The number of anilines is 1. The first-order valence-corrected chi connectivity index (χ1v) is 10.00. The second-order valence-electron chi connectivity index (χ2n) is 7.55. The molecule has 1 heterocycles. The molecule has 1 unspecified atom stereocenters. The molecule has 0 radical (unpaired) electrons. The van der Waals surface area contributed by atoms with Gasteiger partial charge in [-0.05, 0) is 67.0 Å². The standard InChI is InChI=1S/C22H25ClN2O2/c23-19-6-2-1-5-18(19)22(10-12-27-13-11-22)21(26)25-20-7-3-4-15-14-16(24)8-9-17(15)20/h1-2,5-6,8-9,14,20H,3-4,7,10-13,24H2,(H,25,26). The molecular weight excluding hydrogens is 360 g/mol. The maximum atomic E-state index is 13.6. The number of fused-ring (bicyclic) bond motifs is 1. The molecule has 1 amide bonds. The number of hydrogen-bond acceptors (Lipinski definition) is 3. The number of ether oxygens (including phenoxy) is 1.